The monoisotopic (exact) mass is 372 g/mol. The molecule has 0 aliphatic heterocycles. The van der Waals surface area contributed by atoms with Crippen LogP contribution < -0.4 is 9.47 Å². The molecule has 1 aliphatic rings. The van der Waals surface area contributed by atoms with Crippen LogP contribution in [0.1, 0.15) is 30.6 Å². The van der Waals surface area contributed by atoms with Crippen molar-refractivity contribution in [1.29, 1.82) is 0 Å². The maximum Gasteiger partial charge on any atom is 0.306 e. The SMILES string of the molecule is CC(C)Oc1ccc(F)c(-c2ccc(OC[C@@H]3C[C@H]3C(=O)O)c(C=O)c2)c1. The topological polar surface area (TPSA) is 72.8 Å². The molecule has 1 fully saturated rings. The van der Waals surface area contributed by atoms with Crippen LogP contribution >= 0.6 is 0 Å². The number of hydrogen-bond donors (Lipinski definition) is 1. The van der Waals surface area contributed by atoms with Crippen LogP contribution in [0.3, 0.4) is 0 Å². The molecular weight excluding hydrogens is 351 g/mol. The van der Waals surface area contributed by atoms with Crippen molar-refractivity contribution in [2.24, 2.45) is 11.8 Å². The van der Waals surface area contributed by atoms with Crippen molar-refractivity contribution in [3.8, 4) is 22.6 Å². The van der Waals surface area contributed by atoms with Crippen molar-refractivity contribution in [2.45, 2.75) is 26.4 Å². The molecule has 2 atom stereocenters. The zero-order valence-corrected chi connectivity index (χ0v) is 15.1. The molecule has 0 amide bonds. The van der Waals surface area contributed by atoms with E-state index >= 15 is 0 Å². The minimum absolute atomic E-state index is 0.0380. The second kappa shape index (κ2) is 7.78. The Morgan fingerprint density at radius 3 is 2.70 bits per heavy atom. The molecule has 27 heavy (non-hydrogen) atoms. The standard InChI is InChI=1S/C21H21FO5/c1-12(2)27-16-4-5-19(22)17(9-16)13-3-6-20(14(7-13)10-23)26-11-15-8-18(15)21(24)25/h3-7,9-10,12,15,18H,8,11H2,1-2H3,(H,24,25)/t15-,18+/m0/s1. The fraction of sp³-hybridized carbons (Fsp3) is 0.333. The molecule has 0 saturated heterocycles. The van der Waals surface area contributed by atoms with Crippen LogP contribution in [0.4, 0.5) is 4.39 Å². The lowest BCUT2D eigenvalue weighted by molar-refractivity contribution is -0.138. The number of halogens is 1. The molecule has 0 aromatic heterocycles. The summed E-state index contributed by atoms with van der Waals surface area (Å²) >= 11 is 0. The molecule has 0 spiro atoms. The van der Waals surface area contributed by atoms with Crippen LogP contribution in [0.25, 0.3) is 11.1 Å². The normalized spacial score (nSPS) is 18.2. The molecule has 1 aliphatic carbocycles. The first-order valence-corrected chi connectivity index (χ1v) is 8.80. The summed E-state index contributed by atoms with van der Waals surface area (Å²) in [4.78, 5) is 22.3. The van der Waals surface area contributed by atoms with E-state index in [1.165, 1.54) is 6.07 Å². The highest BCUT2D eigenvalue weighted by Gasteiger charge is 2.43. The van der Waals surface area contributed by atoms with E-state index in [0.29, 0.717) is 35.3 Å². The van der Waals surface area contributed by atoms with E-state index in [0.717, 1.165) is 0 Å². The van der Waals surface area contributed by atoms with Gasteiger partial charge in [0.1, 0.15) is 17.3 Å². The molecule has 0 heterocycles. The molecule has 0 bridgehead atoms. The van der Waals surface area contributed by atoms with Crippen LogP contribution in [0, 0.1) is 17.7 Å². The van der Waals surface area contributed by atoms with Crippen molar-refractivity contribution in [3.05, 3.63) is 47.8 Å². The summed E-state index contributed by atoms with van der Waals surface area (Å²) in [7, 11) is 0. The molecule has 0 radical (unpaired) electrons. The second-order valence-corrected chi connectivity index (χ2v) is 6.93. The first kappa shape index (κ1) is 18.9. The Labute approximate surface area is 156 Å². The van der Waals surface area contributed by atoms with Gasteiger partial charge in [-0.1, -0.05) is 6.07 Å². The lowest BCUT2D eigenvalue weighted by Crippen LogP contribution is -2.07. The summed E-state index contributed by atoms with van der Waals surface area (Å²) in [6.07, 6.45) is 1.19. The average molecular weight is 372 g/mol. The predicted octanol–water partition coefficient (Wildman–Crippen LogP) is 4.19. The van der Waals surface area contributed by atoms with E-state index in [4.69, 9.17) is 14.6 Å². The molecule has 1 N–H and O–H groups in total. The minimum Gasteiger partial charge on any atom is -0.493 e. The molecule has 0 unspecified atom stereocenters. The van der Waals surface area contributed by atoms with Crippen LogP contribution in [0.2, 0.25) is 0 Å². The van der Waals surface area contributed by atoms with Crippen molar-refractivity contribution in [3.63, 3.8) is 0 Å². The summed E-state index contributed by atoms with van der Waals surface area (Å²) < 4.78 is 25.5. The van der Waals surface area contributed by atoms with E-state index < -0.39 is 11.8 Å². The number of benzene rings is 2. The maximum absolute atomic E-state index is 14.3. The highest BCUT2D eigenvalue weighted by atomic mass is 19.1. The minimum atomic E-state index is -0.825. The largest absolute Gasteiger partial charge is 0.493 e. The Morgan fingerprint density at radius 2 is 2.07 bits per heavy atom. The molecule has 2 aromatic carbocycles. The lowest BCUT2D eigenvalue weighted by atomic mass is 10.0. The Balaban J connectivity index is 1.80. The van der Waals surface area contributed by atoms with Crippen molar-refractivity contribution < 1.29 is 28.6 Å². The highest BCUT2D eigenvalue weighted by molar-refractivity contribution is 5.83. The Kier molecular flexibility index (Phi) is 5.44. The maximum atomic E-state index is 14.3. The zero-order chi connectivity index (χ0) is 19.6. The van der Waals surface area contributed by atoms with Gasteiger partial charge in [0.15, 0.2) is 6.29 Å². The summed E-state index contributed by atoms with van der Waals surface area (Å²) in [5.74, 6) is -0.749. The van der Waals surface area contributed by atoms with Gasteiger partial charge >= 0.3 is 5.97 Å². The number of aldehydes is 1. The van der Waals surface area contributed by atoms with Crippen LogP contribution in [0.5, 0.6) is 11.5 Å². The third kappa shape index (κ3) is 4.45. The van der Waals surface area contributed by atoms with E-state index in [1.807, 2.05) is 13.8 Å². The number of carboxylic acid groups (broad SMARTS) is 1. The first-order chi connectivity index (χ1) is 12.9. The van der Waals surface area contributed by atoms with Crippen molar-refractivity contribution in [1.82, 2.24) is 0 Å². The number of aliphatic carboxylic acids is 1. The van der Waals surface area contributed by atoms with Crippen LogP contribution in [0.15, 0.2) is 36.4 Å². The fourth-order valence-corrected chi connectivity index (χ4v) is 2.94. The van der Waals surface area contributed by atoms with Gasteiger partial charge in [0.05, 0.1) is 24.2 Å². The van der Waals surface area contributed by atoms with E-state index in [9.17, 15) is 14.0 Å². The van der Waals surface area contributed by atoms with Crippen molar-refractivity contribution in [2.75, 3.05) is 6.61 Å². The van der Waals surface area contributed by atoms with Gasteiger partial charge < -0.3 is 14.6 Å². The summed E-state index contributed by atoms with van der Waals surface area (Å²) in [6, 6.07) is 9.32. The highest BCUT2D eigenvalue weighted by Crippen LogP contribution is 2.39. The molecule has 1 saturated carbocycles. The lowest BCUT2D eigenvalue weighted by Gasteiger charge is -2.13. The number of carbonyl (C=O) groups is 2. The zero-order valence-electron chi connectivity index (χ0n) is 15.1. The number of carboxylic acids is 1. The number of carbonyl (C=O) groups excluding carboxylic acids is 1. The van der Waals surface area contributed by atoms with Gasteiger partial charge in [-0.15, -0.1) is 0 Å². The smallest absolute Gasteiger partial charge is 0.306 e. The quantitative estimate of drug-likeness (QED) is 0.704. The number of rotatable bonds is 8. The number of hydrogen-bond acceptors (Lipinski definition) is 4. The predicted molar refractivity (Wildman–Crippen MR) is 97.7 cm³/mol. The Hall–Kier alpha value is -2.89. The molecule has 2 aromatic rings. The van der Waals surface area contributed by atoms with Gasteiger partial charge in [-0.3, -0.25) is 9.59 Å². The van der Waals surface area contributed by atoms with Gasteiger partial charge in [-0.2, -0.15) is 0 Å². The van der Waals surface area contributed by atoms with E-state index in [1.54, 1.807) is 30.3 Å². The van der Waals surface area contributed by atoms with Gasteiger partial charge in [0, 0.05) is 11.5 Å². The van der Waals surface area contributed by atoms with Gasteiger partial charge in [-0.25, -0.2) is 4.39 Å². The summed E-state index contributed by atoms with van der Waals surface area (Å²) in [5.41, 5.74) is 1.15. The first-order valence-electron chi connectivity index (χ1n) is 8.80. The van der Waals surface area contributed by atoms with Crippen molar-refractivity contribution >= 4 is 12.3 Å². The third-order valence-electron chi connectivity index (χ3n) is 4.45. The van der Waals surface area contributed by atoms with E-state index in [2.05, 4.69) is 0 Å². The Bertz CT molecular complexity index is 862. The second-order valence-electron chi connectivity index (χ2n) is 6.93. The molecular formula is C21H21FO5. The molecule has 6 heteroatoms. The average Bonchev–Trinajstić information content (AvgIpc) is 3.41. The number of ether oxygens (including phenoxy) is 2. The summed E-state index contributed by atoms with van der Waals surface area (Å²) in [6.45, 7) is 4.01. The fourth-order valence-electron chi connectivity index (χ4n) is 2.94. The molecule has 3 rings (SSSR count). The summed E-state index contributed by atoms with van der Waals surface area (Å²) in [5, 5.41) is 8.93. The van der Waals surface area contributed by atoms with Gasteiger partial charge in [0.25, 0.3) is 0 Å². The molecule has 142 valence electrons. The van der Waals surface area contributed by atoms with Crippen LogP contribution in [-0.4, -0.2) is 30.1 Å². The Morgan fingerprint density at radius 1 is 1.30 bits per heavy atom. The third-order valence-corrected chi connectivity index (χ3v) is 4.45. The van der Waals surface area contributed by atoms with Crippen LogP contribution in [-0.2, 0) is 4.79 Å². The van der Waals surface area contributed by atoms with E-state index in [-0.39, 0.29) is 30.1 Å². The molecule has 5 nitrogen and oxygen atoms in total. The van der Waals surface area contributed by atoms with Gasteiger partial charge in [-0.05, 0) is 56.2 Å². The van der Waals surface area contributed by atoms with Gasteiger partial charge in [0.2, 0.25) is 0 Å².